The molecule has 0 aromatic carbocycles. The summed E-state index contributed by atoms with van der Waals surface area (Å²) >= 11 is 0. The molecule has 2 aliphatic heterocycles. The molecule has 0 spiro atoms. The van der Waals surface area contributed by atoms with Crippen molar-refractivity contribution in [3.05, 3.63) is 109 Å². The van der Waals surface area contributed by atoms with Gasteiger partial charge in [0.1, 0.15) is 48.8 Å². The van der Waals surface area contributed by atoms with Crippen LogP contribution in [0.2, 0.25) is 0 Å². The lowest BCUT2D eigenvalue weighted by atomic mass is 9.97. The molecule has 0 aliphatic carbocycles. The number of allylic oxidation sites excluding steroid dienone is 17. The quantitative estimate of drug-likeness (QED) is 0.0213. The van der Waals surface area contributed by atoms with Crippen LogP contribution in [0.1, 0.15) is 149 Å². The minimum atomic E-state index is -1.80. The van der Waals surface area contributed by atoms with E-state index in [2.05, 4.69) is 116 Å². The Morgan fingerprint density at radius 3 is 1.54 bits per heavy atom. The Morgan fingerprint density at radius 1 is 0.521 bits per heavy atom. The zero-order chi connectivity index (χ0) is 51.7. The van der Waals surface area contributed by atoms with Gasteiger partial charge in [-0.1, -0.05) is 155 Å². The molecule has 9 N–H and O–H groups in total. The molecule has 2 rings (SSSR count). The van der Waals surface area contributed by atoms with Crippen LogP contribution in [0.3, 0.4) is 0 Å². The summed E-state index contributed by atoms with van der Waals surface area (Å²) in [5.41, 5.74) is 0. The van der Waals surface area contributed by atoms with E-state index in [0.717, 1.165) is 89.9 Å². The number of carbonyl (C=O) groups excluding carboxylic acids is 1. The lowest BCUT2D eigenvalue weighted by Crippen LogP contribution is -2.65. The first kappa shape index (κ1) is 63.8. The Kier molecular flexibility index (Phi) is 37.8. The van der Waals surface area contributed by atoms with Crippen molar-refractivity contribution < 1.29 is 64.6 Å². The van der Waals surface area contributed by atoms with E-state index in [4.69, 9.17) is 18.9 Å². The third kappa shape index (κ3) is 28.6. The Hall–Kier alpha value is -3.35. The summed E-state index contributed by atoms with van der Waals surface area (Å²) in [6, 6.07) is -0.959. The van der Waals surface area contributed by atoms with Crippen molar-refractivity contribution in [3.8, 4) is 0 Å². The van der Waals surface area contributed by atoms with Crippen LogP contribution in [-0.2, 0) is 23.7 Å². The van der Waals surface area contributed by atoms with Gasteiger partial charge in [0.25, 0.3) is 0 Å². The zero-order valence-electron chi connectivity index (χ0n) is 42.9. The molecule has 14 nitrogen and oxygen atoms in total. The van der Waals surface area contributed by atoms with Crippen molar-refractivity contribution in [2.75, 3.05) is 19.8 Å². The number of carbonyl (C=O) groups is 1. The molecule has 0 radical (unpaired) electrons. The highest BCUT2D eigenvalue weighted by Gasteiger charge is 2.51. The van der Waals surface area contributed by atoms with Crippen molar-refractivity contribution in [2.45, 2.75) is 222 Å². The van der Waals surface area contributed by atoms with Crippen LogP contribution in [-0.4, -0.2) is 140 Å². The molecule has 0 aromatic heterocycles. The number of aliphatic hydroxyl groups is 8. The Balaban J connectivity index is 1.84. The van der Waals surface area contributed by atoms with Crippen LogP contribution in [0.4, 0.5) is 0 Å². The van der Waals surface area contributed by atoms with Crippen LogP contribution < -0.4 is 5.32 Å². The maximum atomic E-state index is 13.2. The second-order valence-corrected chi connectivity index (χ2v) is 18.2. The van der Waals surface area contributed by atoms with Gasteiger partial charge >= 0.3 is 0 Å². The molecule has 404 valence electrons. The molecular formula is C57H93NO13. The van der Waals surface area contributed by atoms with E-state index >= 15 is 0 Å². The fraction of sp³-hybridized carbons (Fsp3) is 0.667. The van der Waals surface area contributed by atoms with Crippen LogP contribution in [0.15, 0.2) is 109 Å². The van der Waals surface area contributed by atoms with Crippen LogP contribution >= 0.6 is 0 Å². The first-order valence-electron chi connectivity index (χ1n) is 26.6. The molecule has 14 heteroatoms. The highest BCUT2D eigenvalue weighted by atomic mass is 16.7. The standard InChI is InChI=1S/C57H93NO13/c1-3-5-7-9-11-13-15-17-19-20-21-22-23-24-25-26-27-29-31-33-35-37-39-41-49(62)58-45(46(61)40-38-36-34-32-30-28-18-16-14-12-10-8-6-4-2)44-68-56-54(67)52(65)55(48(43-60)70-56)71-57-53(66)51(64)50(63)47(42-59)69-57/h5,7,11,13-14,16-17,19,21-22,24-25,27,29-30,32,38,40,45-48,50-57,59-61,63-67H,3-4,6,8-10,12,15,18,20,23,26,28,31,33-37,39,41-44H2,1-2H3,(H,58,62)/b7-5-,13-11-,16-14+,19-17-,22-21-,25-24-,29-27-,32-30+,40-38+. The fourth-order valence-electron chi connectivity index (χ4n) is 7.85. The van der Waals surface area contributed by atoms with Crippen molar-refractivity contribution in [1.29, 1.82) is 0 Å². The molecule has 12 unspecified atom stereocenters. The van der Waals surface area contributed by atoms with Gasteiger partial charge < -0.3 is 65.1 Å². The number of amides is 1. The number of aliphatic hydroxyl groups excluding tert-OH is 8. The van der Waals surface area contributed by atoms with E-state index in [1.54, 1.807) is 6.08 Å². The van der Waals surface area contributed by atoms with Crippen molar-refractivity contribution in [1.82, 2.24) is 5.32 Å². The average Bonchev–Trinajstić information content (AvgIpc) is 3.37. The minimum absolute atomic E-state index is 0.233. The van der Waals surface area contributed by atoms with E-state index in [1.165, 1.54) is 25.7 Å². The molecule has 0 aromatic rings. The first-order valence-corrected chi connectivity index (χ1v) is 26.6. The predicted octanol–water partition coefficient (Wildman–Crippen LogP) is 7.71. The number of hydrogen-bond acceptors (Lipinski definition) is 13. The van der Waals surface area contributed by atoms with Crippen LogP contribution in [0.5, 0.6) is 0 Å². The number of nitrogens with one attached hydrogen (secondary N) is 1. The van der Waals surface area contributed by atoms with Gasteiger partial charge in [0.05, 0.1) is 32.0 Å². The second-order valence-electron chi connectivity index (χ2n) is 18.2. The molecule has 2 heterocycles. The van der Waals surface area contributed by atoms with E-state index < -0.39 is 86.8 Å². The van der Waals surface area contributed by atoms with Gasteiger partial charge in [-0.15, -0.1) is 0 Å². The molecule has 2 aliphatic rings. The van der Waals surface area contributed by atoms with E-state index in [-0.39, 0.29) is 18.9 Å². The van der Waals surface area contributed by atoms with Gasteiger partial charge in [0, 0.05) is 6.42 Å². The first-order chi connectivity index (χ1) is 34.6. The Morgan fingerprint density at radius 2 is 0.986 bits per heavy atom. The smallest absolute Gasteiger partial charge is 0.220 e. The van der Waals surface area contributed by atoms with E-state index in [1.807, 2.05) is 6.08 Å². The SMILES string of the molecule is CC/C=C\C/C=C\C/C=C\C/C=C\C/C=C\C/C=C\CCCCCCC(=O)NC(COC1OC(CO)C(OC2OC(CO)C(O)C(O)C2O)C(O)C1O)C(O)/C=C/CC/C=C/CC/C=C/CCCCCC. The summed E-state index contributed by atoms with van der Waals surface area (Å²) in [4.78, 5) is 13.2. The molecular weight excluding hydrogens is 907 g/mol. The summed E-state index contributed by atoms with van der Waals surface area (Å²) in [5.74, 6) is -0.285. The van der Waals surface area contributed by atoms with Crippen LogP contribution in [0.25, 0.3) is 0 Å². The molecule has 0 bridgehead atoms. The van der Waals surface area contributed by atoms with Crippen LogP contribution in [0, 0.1) is 0 Å². The van der Waals surface area contributed by atoms with Gasteiger partial charge in [0.2, 0.25) is 5.91 Å². The summed E-state index contributed by atoms with van der Waals surface area (Å²) < 4.78 is 22.7. The summed E-state index contributed by atoms with van der Waals surface area (Å²) in [7, 11) is 0. The van der Waals surface area contributed by atoms with E-state index in [0.29, 0.717) is 12.8 Å². The Bertz CT molecular complexity index is 1600. The summed E-state index contributed by atoms with van der Waals surface area (Å²) in [6.07, 6.45) is 41.2. The van der Waals surface area contributed by atoms with Crippen molar-refractivity contribution in [2.24, 2.45) is 0 Å². The third-order valence-corrected chi connectivity index (χ3v) is 12.2. The maximum absolute atomic E-state index is 13.2. The van der Waals surface area contributed by atoms with Gasteiger partial charge in [-0.25, -0.2) is 0 Å². The van der Waals surface area contributed by atoms with Crippen molar-refractivity contribution >= 4 is 5.91 Å². The maximum Gasteiger partial charge on any atom is 0.220 e. The number of hydrogen-bond donors (Lipinski definition) is 9. The number of unbranched alkanes of at least 4 members (excludes halogenated alkanes) is 10. The van der Waals surface area contributed by atoms with Gasteiger partial charge in [-0.2, -0.15) is 0 Å². The van der Waals surface area contributed by atoms with Gasteiger partial charge in [0.15, 0.2) is 12.6 Å². The molecule has 1 amide bonds. The predicted molar refractivity (Wildman–Crippen MR) is 281 cm³/mol. The van der Waals surface area contributed by atoms with Gasteiger partial charge in [-0.3, -0.25) is 4.79 Å². The average molecular weight is 1000 g/mol. The summed E-state index contributed by atoms with van der Waals surface area (Å²) in [6.45, 7) is 2.58. The van der Waals surface area contributed by atoms with Gasteiger partial charge in [-0.05, 0) is 96.3 Å². The monoisotopic (exact) mass is 1000 g/mol. The molecule has 2 saturated heterocycles. The lowest BCUT2D eigenvalue weighted by molar-refractivity contribution is -0.359. The topological polar surface area (TPSA) is 228 Å². The highest BCUT2D eigenvalue weighted by molar-refractivity contribution is 5.76. The molecule has 71 heavy (non-hydrogen) atoms. The normalized spacial score (nSPS) is 26.7. The lowest BCUT2D eigenvalue weighted by Gasteiger charge is -2.46. The molecule has 2 fully saturated rings. The van der Waals surface area contributed by atoms with Crippen molar-refractivity contribution in [3.63, 3.8) is 0 Å². The fourth-order valence-corrected chi connectivity index (χ4v) is 7.85. The zero-order valence-corrected chi connectivity index (χ0v) is 42.9. The second kappa shape index (κ2) is 42.1. The molecule has 0 saturated carbocycles. The third-order valence-electron chi connectivity index (χ3n) is 12.2. The molecule has 12 atom stereocenters. The largest absolute Gasteiger partial charge is 0.394 e. The number of ether oxygens (including phenoxy) is 4. The highest BCUT2D eigenvalue weighted by Crippen LogP contribution is 2.30. The van der Waals surface area contributed by atoms with E-state index in [9.17, 15) is 45.6 Å². The Labute approximate surface area is 425 Å². The minimum Gasteiger partial charge on any atom is -0.394 e. The number of rotatable bonds is 39. The summed E-state index contributed by atoms with van der Waals surface area (Å²) in [5, 5.41) is 86.8.